The summed E-state index contributed by atoms with van der Waals surface area (Å²) in [4.78, 5) is 0. The summed E-state index contributed by atoms with van der Waals surface area (Å²) in [6, 6.07) is 0. The van der Waals surface area contributed by atoms with Crippen LogP contribution < -0.4 is 43.7 Å². The van der Waals surface area contributed by atoms with Crippen LogP contribution >= 0.6 is 0 Å². The molecule has 0 saturated heterocycles. The maximum Gasteiger partial charge on any atom is 2.00 e. The number of hydrogen-bond donors (Lipinski definition) is 0. The van der Waals surface area contributed by atoms with Crippen LogP contribution in [0.4, 0.5) is 176 Å². The van der Waals surface area contributed by atoms with Crippen molar-refractivity contribution < 1.29 is 195 Å². The molecule has 0 nitrogen and oxygen atoms in total. The van der Waals surface area contributed by atoms with E-state index in [1.54, 1.807) is 0 Å². The molecule has 0 atom stereocenters. The van der Waals surface area contributed by atoms with Crippen LogP contribution in [0.15, 0.2) is 0 Å². The molecule has 0 amide bonds. The standard InChI is InChI=1S/2C24BF20.Ru/c2*26-5-1(6(27)14(35)21(42)13(5)34)25(2-7(28)15(36)22(43)16(37)8(2)29,3-9(30)17(38)23(44)18(39)10(3)31)4-11(32)19(40)24(45)20(41)12(4)33;/q2*-1;+2. The van der Waals surface area contributed by atoms with Gasteiger partial charge in [-0.15, -0.1) is 43.7 Å². The fourth-order valence-electron chi connectivity index (χ4n) is 9.75. The quantitative estimate of drug-likeness (QED) is 0.0616. The average molecular weight is 1460 g/mol. The van der Waals surface area contributed by atoms with Crippen molar-refractivity contribution in [1.82, 2.24) is 0 Å². The molecule has 91 heavy (non-hydrogen) atoms. The van der Waals surface area contributed by atoms with E-state index in [0.717, 1.165) is 0 Å². The van der Waals surface area contributed by atoms with Crippen molar-refractivity contribution in [3.63, 3.8) is 0 Å². The minimum atomic E-state index is -7.22. The molecule has 0 fully saturated rings. The molecule has 0 spiro atoms. The number of halogens is 40. The molecule has 8 aromatic rings. The molecular formula is C48B2F40Ru. The zero-order valence-electron chi connectivity index (χ0n) is 40.6. The first-order valence-electron chi connectivity index (χ1n) is 21.9. The van der Waals surface area contributed by atoms with Gasteiger partial charge in [-0.05, 0) is 0 Å². The molecule has 0 heterocycles. The van der Waals surface area contributed by atoms with Gasteiger partial charge in [0.1, 0.15) is 105 Å². The summed E-state index contributed by atoms with van der Waals surface area (Å²) in [6.07, 6.45) is -14.4. The summed E-state index contributed by atoms with van der Waals surface area (Å²) in [5, 5.41) is 0. The minimum absolute atomic E-state index is 0. The first-order chi connectivity index (χ1) is 41.4. The zero-order chi connectivity index (χ0) is 68.7. The molecule has 0 N–H and O–H groups in total. The molecule has 0 unspecified atom stereocenters. The maximum atomic E-state index is 15.4. The van der Waals surface area contributed by atoms with Crippen molar-refractivity contribution >= 4 is 56.0 Å². The van der Waals surface area contributed by atoms with Crippen LogP contribution in [0, 0.1) is 233 Å². The van der Waals surface area contributed by atoms with E-state index in [1.807, 2.05) is 0 Å². The summed E-state index contributed by atoms with van der Waals surface area (Å²) in [7, 11) is 0. The van der Waals surface area contributed by atoms with Crippen LogP contribution in [0.5, 0.6) is 0 Å². The number of benzene rings is 8. The fourth-order valence-corrected chi connectivity index (χ4v) is 9.75. The number of rotatable bonds is 8. The van der Waals surface area contributed by atoms with Gasteiger partial charge in [-0.1, -0.05) is 0 Å². The average Bonchev–Trinajstić information content (AvgIpc) is 0.690. The Morgan fingerprint density at radius 2 is 0.132 bits per heavy atom. The van der Waals surface area contributed by atoms with Gasteiger partial charge in [0.2, 0.25) is 0 Å². The predicted molar refractivity (Wildman–Crippen MR) is 218 cm³/mol. The van der Waals surface area contributed by atoms with Gasteiger partial charge in [0.15, 0.2) is 140 Å². The minimum Gasteiger partial charge on any atom is -0.207 e. The Bertz CT molecular complexity index is 3430. The Morgan fingerprint density at radius 3 is 0.187 bits per heavy atom. The van der Waals surface area contributed by atoms with Crippen LogP contribution in [-0.2, 0) is 19.5 Å². The summed E-state index contributed by atoms with van der Waals surface area (Å²) >= 11 is 0. The van der Waals surface area contributed by atoms with Crippen molar-refractivity contribution in [2.75, 3.05) is 0 Å². The third kappa shape index (κ3) is 9.67. The summed E-state index contributed by atoms with van der Waals surface area (Å²) in [5.41, 5.74) is -28.7. The van der Waals surface area contributed by atoms with Crippen molar-refractivity contribution in [2.45, 2.75) is 0 Å². The fraction of sp³-hybridized carbons (Fsp3) is 0. The van der Waals surface area contributed by atoms with Crippen LogP contribution in [-0.4, -0.2) is 12.3 Å². The summed E-state index contributed by atoms with van der Waals surface area (Å²) in [5.74, 6) is -143. The van der Waals surface area contributed by atoms with E-state index in [4.69, 9.17) is 0 Å². The van der Waals surface area contributed by atoms with Gasteiger partial charge in [-0.2, -0.15) is 0 Å². The molecule has 8 rings (SSSR count). The Hall–Kier alpha value is -8.29. The molecule has 0 aliphatic carbocycles. The zero-order valence-corrected chi connectivity index (χ0v) is 42.4. The van der Waals surface area contributed by atoms with E-state index < -0.39 is 289 Å². The second-order valence-corrected chi connectivity index (χ2v) is 17.6. The van der Waals surface area contributed by atoms with Crippen molar-refractivity contribution in [3.8, 4) is 0 Å². The predicted octanol–water partition coefficient (Wildman–Crippen LogP) is 11.7. The molecule has 8 aromatic carbocycles. The van der Waals surface area contributed by atoms with Gasteiger partial charge >= 0.3 is 19.5 Å². The second kappa shape index (κ2) is 24.4. The Morgan fingerprint density at radius 1 is 0.0879 bits per heavy atom. The summed E-state index contributed by atoms with van der Waals surface area (Å²) in [6.45, 7) is 0. The van der Waals surface area contributed by atoms with Gasteiger partial charge in [-0.25, -0.2) is 176 Å². The molecule has 43 heteroatoms. The molecule has 0 aliphatic rings. The van der Waals surface area contributed by atoms with E-state index in [2.05, 4.69) is 0 Å². The van der Waals surface area contributed by atoms with Gasteiger partial charge in [-0.3, -0.25) is 0 Å². The second-order valence-electron chi connectivity index (χ2n) is 17.6. The van der Waals surface area contributed by atoms with Crippen LogP contribution in [0.25, 0.3) is 0 Å². The van der Waals surface area contributed by atoms with Crippen molar-refractivity contribution in [2.24, 2.45) is 0 Å². The number of hydrogen-bond acceptors (Lipinski definition) is 0. The van der Waals surface area contributed by atoms with E-state index in [-0.39, 0.29) is 19.5 Å². The topological polar surface area (TPSA) is 0 Å². The molecule has 0 radical (unpaired) electrons. The monoisotopic (exact) mass is 1460 g/mol. The van der Waals surface area contributed by atoms with Crippen LogP contribution in [0.3, 0.4) is 0 Å². The third-order valence-electron chi connectivity index (χ3n) is 13.4. The maximum absolute atomic E-state index is 15.4. The largest absolute Gasteiger partial charge is 2.00 e. The van der Waals surface area contributed by atoms with E-state index >= 15 is 70.2 Å². The Kier molecular flexibility index (Phi) is 19.2. The summed E-state index contributed by atoms with van der Waals surface area (Å²) < 4.78 is 588. The first-order valence-corrected chi connectivity index (χ1v) is 21.9. The first kappa shape index (κ1) is 71.8. The van der Waals surface area contributed by atoms with E-state index in [1.165, 1.54) is 0 Å². The smallest absolute Gasteiger partial charge is 0.207 e. The Labute approximate surface area is 483 Å². The SMILES string of the molecule is Fc1c(F)c(F)c([B-](c2c(F)c(F)c(F)c(F)c2F)(c2c(F)c(F)c(F)c(F)c2F)c2c(F)c(F)c(F)c(F)c2F)c(F)c1F.Fc1c(F)c(F)c([B-](c2c(F)c(F)c(F)c(F)c2F)(c2c(F)c(F)c(F)c(F)c2F)c2c(F)c(F)c(F)c(F)c2F)c(F)c1F.[Ru+2]. The molecule has 486 valence electrons. The van der Waals surface area contributed by atoms with Gasteiger partial charge < -0.3 is 0 Å². The van der Waals surface area contributed by atoms with Gasteiger partial charge in [0, 0.05) is 0 Å². The molecule has 0 aliphatic heterocycles. The van der Waals surface area contributed by atoms with Crippen molar-refractivity contribution in [3.05, 3.63) is 233 Å². The Balaban J connectivity index is 0.000000286. The molecule has 0 aromatic heterocycles. The van der Waals surface area contributed by atoms with E-state index in [9.17, 15) is 105 Å². The van der Waals surface area contributed by atoms with Gasteiger partial charge in [0.05, 0.1) is 0 Å². The van der Waals surface area contributed by atoms with Crippen LogP contribution in [0.2, 0.25) is 0 Å². The molecule has 0 bridgehead atoms. The molecule has 0 saturated carbocycles. The van der Waals surface area contributed by atoms with Gasteiger partial charge in [0.25, 0.3) is 0 Å². The van der Waals surface area contributed by atoms with E-state index in [0.29, 0.717) is 0 Å². The molecular weight excluding hydrogens is 1460 g/mol. The normalized spacial score (nSPS) is 11.9. The van der Waals surface area contributed by atoms with Crippen LogP contribution in [0.1, 0.15) is 0 Å². The van der Waals surface area contributed by atoms with Crippen molar-refractivity contribution in [1.29, 1.82) is 0 Å². The third-order valence-corrected chi connectivity index (χ3v) is 13.4.